The average molecular weight is 468 g/mol. The maximum absolute atomic E-state index is 12.3. The highest BCUT2D eigenvalue weighted by molar-refractivity contribution is 9.10. The summed E-state index contributed by atoms with van der Waals surface area (Å²) in [6, 6.07) is 15.3. The van der Waals surface area contributed by atoms with Gasteiger partial charge in [-0.3, -0.25) is 4.99 Å². The summed E-state index contributed by atoms with van der Waals surface area (Å²) in [4.78, 5) is 4.50. The number of hydrogen-bond donors (Lipinski definition) is 1. The van der Waals surface area contributed by atoms with Crippen LogP contribution in [0.1, 0.15) is 17.1 Å². The lowest BCUT2D eigenvalue weighted by Gasteiger charge is -2.05. The lowest BCUT2D eigenvalue weighted by Crippen LogP contribution is -2.22. The standard InChI is InChI=1S/C19H16BrClN2O3S/c1-13-2-5-15(10-19(13)21)22-11-16-6-7-17(26-16)12-23-27(24,25)18-8-3-14(20)4-9-18/h2-11,23H,12H2,1H3. The first kappa shape index (κ1) is 19.8. The first-order valence-corrected chi connectivity index (χ1v) is 10.6. The summed E-state index contributed by atoms with van der Waals surface area (Å²) in [6.07, 6.45) is 1.56. The Morgan fingerprint density at radius 1 is 1.15 bits per heavy atom. The van der Waals surface area contributed by atoms with Crippen LogP contribution in [0.2, 0.25) is 5.02 Å². The molecule has 0 aliphatic carbocycles. The number of aliphatic imine (C=N–C) groups is 1. The van der Waals surface area contributed by atoms with Crippen molar-refractivity contribution in [2.45, 2.75) is 18.4 Å². The van der Waals surface area contributed by atoms with Crippen LogP contribution in [0.3, 0.4) is 0 Å². The zero-order valence-corrected chi connectivity index (χ0v) is 17.5. The van der Waals surface area contributed by atoms with Gasteiger partial charge in [-0.1, -0.05) is 33.6 Å². The molecule has 0 aliphatic heterocycles. The third-order valence-electron chi connectivity index (χ3n) is 3.74. The maximum atomic E-state index is 12.3. The van der Waals surface area contributed by atoms with Crippen molar-refractivity contribution in [1.29, 1.82) is 0 Å². The van der Waals surface area contributed by atoms with Gasteiger partial charge >= 0.3 is 0 Å². The quantitative estimate of drug-likeness (QED) is 0.504. The topological polar surface area (TPSA) is 71.7 Å². The first-order chi connectivity index (χ1) is 12.8. The van der Waals surface area contributed by atoms with Crippen LogP contribution in [0.4, 0.5) is 5.69 Å². The molecule has 0 saturated carbocycles. The zero-order valence-electron chi connectivity index (χ0n) is 14.3. The number of halogens is 2. The summed E-state index contributed by atoms with van der Waals surface area (Å²) in [5.74, 6) is 1.00. The van der Waals surface area contributed by atoms with Crippen LogP contribution in [0, 0.1) is 6.92 Å². The van der Waals surface area contributed by atoms with Gasteiger partial charge in [-0.25, -0.2) is 13.1 Å². The second-order valence-corrected chi connectivity index (χ2v) is 8.86. The van der Waals surface area contributed by atoms with Crippen LogP contribution in [0.5, 0.6) is 0 Å². The summed E-state index contributed by atoms with van der Waals surface area (Å²) in [6.45, 7) is 1.96. The number of furan rings is 1. The molecule has 2 aromatic carbocycles. The Morgan fingerprint density at radius 3 is 2.59 bits per heavy atom. The van der Waals surface area contributed by atoms with Crippen molar-refractivity contribution in [3.8, 4) is 0 Å². The van der Waals surface area contributed by atoms with Crippen LogP contribution in [-0.4, -0.2) is 14.6 Å². The lowest BCUT2D eigenvalue weighted by atomic mass is 10.2. The predicted molar refractivity (Wildman–Crippen MR) is 110 cm³/mol. The van der Waals surface area contributed by atoms with E-state index in [0.29, 0.717) is 22.2 Å². The van der Waals surface area contributed by atoms with Crippen molar-refractivity contribution in [3.63, 3.8) is 0 Å². The van der Waals surface area contributed by atoms with E-state index < -0.39 is 10.0 Å². The van der Waals surface area contributed by atoms with E-state index in [-0.39, 0.29) is 11.4 Å². The van der Waals surface area contributed by atoms with E-state index in [9.17, 15) is 8.42 Å². The highest BCUT2D eigenvalue weighted by Crippen LogP contribution is 2.22. The highest BCUT2D eigenvalue weighted by atomic mass is 79.9. The van der Waals surface area contributed by atoms with E-state index in [0.717, 1.165) is 10.0 Å². The van der Waals surface area contributed by atoms with E-state index in [1.807, 2.05) is 19.1 Å². The Bertz CT molecular complexity index is 1080. The molecule has 1 N–H and O–H groups in total. The molecule has 0 atom stereocenters. The maximum Gasteiger partial charge on any atom is 0.240 e. The third kappa shape index (κ3) is 5.29. The van der Waals surface area contributed by atoms with Crippen molar-refractivity contribution in [1.82, 2.24) is 4.72 Å². The Labute approximate surface area is 171 Å². The lowest BCUT2D eigenvalue weighted by molar-refractivity contribution is 0.494. The van der Waals surface area contributed by atoms with Gasteiger partial charge in [0.15, 0.2) is 0 Å². The minimum Gasteiger partial charge on any atom is -0.459 e. The molecule has 0 radical (unpaired) electrons. The van der Waals surface area contributed by atoms with Gasteiger partial charge in [0, 0.05) is 9.50 Å². The molecule has 0 spiro atoms. The molecule has 140 valence electrons. The van der Waals surface area contributed by atoms with Crippen LogP contribution < -0.4 is 4.72 Å². The fraction of sp³-hybridized carbons (Fsp3) is 0.105. The summed E-state index contributed by atoms with van der Waals surface area (Å²) >= 11 is 9.36. The van der Waals surface area contributed by atoms with Crippen LogP contribution in [0.15, 0.2) is 73.4 Å². The van der Waals surface area contributed by atoms with Gasteiger partial charge in [0.1, 0.15) is 11.5 Å². The molecule has 0 bridgehead atoms. The Morgan fingerprint density at radius 2 is 1.89 bits per heavy atom. The van der Waals surface area contributed by atoms with Crippen LogP contribution in [0.25, 0.3) is 0 Å². The first-order valence-electron chi connectivity index (χ1n) is 7.98. The fourth-order valence-electron chi connectivity index (χ4n) is 2.22. The van der Waals surface area contributed by atoms with Crippen molar-refractivity contribution in [3.05, 3.63) is 81.2 Å². The monoisotopic (exact) mass is 466 g/mol. The van der Waals surface area contributed by atoms with Gasteiger partial charge in [0.25, 0.3) is 0 Å². The average Bonchev–Trinajstić information content (AvgIpc) is 3.09. The highest BCUT2D eigenvalue weighted by Gasteiger charge is 2.14. The fourth-order valence-corrected chi connectivity index (χ4v) is 3.65. The minimum absolute atomic E-state index is 0.0442. The van der Waals surface area contributed by atoms with Crippen molar-refractivity contribution >= 4 is 49.5 Å². The minimum atomic E-state index is -3.61. The van der Waals surface area contributed by atoms with Gasteiger partial charge in [-0.15, -0.1) is 0 Å². The SMILES string of the molecule is Cc1ccc(N=Cc2ccc(CNS(=O)(=O)c3ccc(Br)cc3)o2)cc1Cl. The van der Waals surface area contributed by atoms with Gasteiger partial charge in [-0.2, -0.15) is 0 Å². The molecule has 8 heteroatoms. The van der Waals surface area contributed by atoms with Gasteiger partial charge in [-0.05, 0) is 61.0 Å². The molecule has 0 fully saturated rings. The number of aryl methyl sites for hydroxylation is 1. The van der Waals surface area contributed by atoms with Crippen LogP contribution in [-0.2, 0) is 16.6 Å². The zero-order chi connectivity index (χ0) is 19.4. The summed E-state index contributed by atoms with van der Waals surface area (Å²) in [5, 5.41) is 0.645. The van der Waals surface area contributed by atoms with Crippen molar-refractivity contribution in [2.75, 3.05) is 0 Å². The molecule has 5 nitrogen and oxygen atoms in total. The summed E-state index contributed by atoms with van der Waals surface area (Å²) < 4.78 is 33.5. The van der Waals surface area contributed by atoms with Gasteiger partial charge in [0.05, 0.1) is 23.3 Å². The molecule has 0 amide bonds. The molecule has 0 aliphatic rings. The number of hydrogen-bond acceptors (Lipinski definition) is 4. The molecule has 0 unspecified atom stereocenters. The Hall–Kier alpha value is -1.93. The second-order valence-electron chi connectivity index (χ2n) is 5.77. The van der Waals surface area contributed by atoms with E-state index in [1.165, 1.54) is 12.1 Å². The molecular formula is C19H16BrClN2O3S. The number of sulfonamides is 1. The smallest absolute Gasteiger partial charge is 0.240 e. The van der Waals surface area contributed by atoms with E-state index in [1.54, 1.807) is 36.5 Å². The van der Waals surface area contributed by atoms with Gasteiger partial charge < -0.3 is 4.42 Å². The van der Waals surface area contributed by atoms with E-state index in [4.69, 9.17) is 16.0 Å². The molecule has 1 heterocycles. The Kier molecular flexibility index (Phi) is 6.16. The van der Waals surface area contributed by atoms with Crippen molar-refractivity contribution in [2.24, 2.45) is 4.99 Å². The number of nitrogens with one attached hydrogen (secondary N) is 1. The number of nitrogens with zero attached hydrogens (tertiary/aromatic N) is 1. The normalized spacial score (nSPS) is 12.0. The molecule has 1 aromatic heterocycles. The van der Waals surface area contributed by atoms with Crippen molar-refractivity contribution < 1.29 is 12.8 Å². The molecular weight excluding hydrogens is 452 g/mol. The summed E-state index contributed by atoms with van der Waals surface area (Å²) in [5.41, 5.74) is 1.69. The Balaban J connectivity index is 1.64. The molecule has 0 saturated heterocycles. The summed E-state index contributed by atoms with van der Waals surface area (Å²) in [7, 11) is -3.61. The molecule has 3 aromatic rings. The predicted octanol–water partition coefficient (Wildman–Crippen LogP) is 5.23. The molecule has 27 heavy (non-hydrogen) atoms. The second kappa shape index (κ2) is 8.39. The number of rotatable bonds is 6. The van der Waals surface area contributed by atoms with E-state index >= 15 is 0 Å². The van der Waals surface area contributed by atoms with Crippen LogP contribution >= 0.6 is 27.5 Å². The molecule has 3 rings (SSSR count). The van der Waals surface area contributed by atoms with Gasteiger partial charge in [0.2, 0.25) is 10.0 Å². The number of benzene rings is 2. The van der Waals surface area contributed by atoms with E-state index in [2.05, 4.69) is 25.6 Å². The third-order valence-corrected chi connectivity index (χ3v) is 6.09. The largest absolute Gasteiger partial charge is 0.459 e.